The number of nitrogens with zero attached hydrogens (tertiary/aromatic N) is 1. The Balaban J connectivity index is 4.59. The van der Waals surface area contributed by atoms with Crippen molar-refractivity contribution in [1.29, 1.82) is 0 Å². The van der Waals surface area contributed by atoms with Gasteiger partial charge in [0.2, 0.25) is 11.8 Å². The summed E-state index contributed by atoms with van der Waals surface area (Å²) in [6.07, 6.45) is -0.246. The molecule has 16 heavy (non-hydrogen) atoms. The first-order valence-corrected chi connectivity index (χ1v) is 4.80. The number of nitrogens with two attached hydrogens (primary N) is 2. The van der Waals surface area contributed by atoms with Crippen molar-refractivity contribution in [3.63, 3.8) is 0 Å². The monoisotopic (exact) mass is 231 g/mol. The van der Waals surface area contributed by atoms with Crippen molar-refractivity contribution in [2.24, 2.45) is 11.5 Å². The molecule has 0 aromatic carbocycles. The first-order valence-electron chi connectivity index (χ1n) is 4.80. The van der Waals surface area contributed by atoms with Crippen LogP contribution in [0.2, 0.25) is 0 Å². The third-order valence-electron chi connectivity index (χ3n) is 2.16. The van der Waals surface area contributed by atoms with Gasteiger partial charge in [-0.05, 0) is 13.3 Å². The van der Waals surface area contributed by atoms with Gasteiger partial charge < -0.3 is 21.5 Å². The molecule has 0 aromatic heterocycles. The van der Waals surface area contributed by atoms with E-state index >= 15 is 0 Å². The van der Waals surface area contributed by atoms with E-state index in [1.807, 2.05) is 0 Å². The number of hydrogen-bond acceptors (Lipinski definition) is 4. The van der Waals surface area contributed by atoms with E-state index in [9.17, 15) is 14.4 Å². The van der Waals surface area contributed by atoms with E-state index in [0.717, 1.165) is 4.90 Å². The molecule has 0 aromatic rings. The number of carbonyl (C=O) groups excluding carboxylic acids is 2. The van der Waals surface area contributed by atoms with E-state index < -0.39 is 29.9 Å². The number of carboxylic acid groups (broad SMARTS) is 1. The Bertz CT molecular complexity index is 290. The molecule has 7 nitrogen and oxygen atoms in total. The molecule has 5 N–H and O–H groups in total. The zero-order chi connectivity index (χ0) is 12.9. The summed E-state index contributed by atoms with van der Waals surface area (Å²) in [4.78, 5) is 34.0. The highest BCUT2D eigenvalue weighted by atomic mass is 16.4. The molecule has 0 aliphatic rings. The first kappa shape index (κ1) is 14.4. The minimum absolute atomic E-state index is 0.0143. The molecule has 0 spiro atoms. The van der Waals surface area contributed by atoms with Gasteiger partial charge in [0.05, 0.1) is 6.04 Å². The molecule has 0 fully saturated rings. The van der Waals surface area contributed by atoms with Crippen LogP contribution in [-0.2, 0) is 14.4 Å². The summed E-state index contributed by atoms with van der Waals surface area (Å²) in [5.74, 6) is -2.24. The van der Waals surface area contributed by atoms with Gasteiger partial charge in [0, 0.05) is 13.5 Å². The van der Waals surface area contributed by atoms with E-state index in [1.54, 1.807) is 0 Å². The standard InChI is InChI=1S/C9H17N3O4/c1-5(10)9(16)12(2)6(8(11)15)3-4-7(13)14/h5-6H,3-4,10H2,1-2H3,(H2,11,15)(H,13,14)/t5-,6+/m0/s1. The van der Waals surface area contributed by atoms with Gasteiger partial charge >= 0.3 is 5.97 Å². The topological polar surface area (TPSA) is 127 Å². The molecule has 0 unspecified atom stereocenters. The maximum atomic E-state index is 11.5. The minimum atomic E-state index is -1.05. The molecule has 0 bridgehead atoms. The van der Waals surface area contributed by atoms with E-state index in [-0.39, 0.29) is 12.8 Å². The number of carboxylic acids is 1. The molecule has 2 amide bonds. The first-order chi connectivity index (χ1) is 7.27. The number of carbonyl (C=O) groups is 3. The minimum Gasteiger partial charge on any atom is -0.481 e. The third kappa shape index (κ3) is 4.26. The Labute approximate surface area is 93.4 Å². The predicted molar refractivity (Wildman–Crippen MR) is 56.3 cm³/mol. The van der Waals surface area contributed by atoms with Crippen molar-refractivity contribution in [3.8, 4) is 0 Å². The summed E-state index contributed by atoms with van der Waals surface area (Å²) in [7, 11) is 1.38. The average molecular weight is 231 g/mol. The van der Waals surface area contributed by atoms with E-state index in [1.165, 1.54) is 14.0 Å². The van der Waals surface area contributed by atoms with Gasteiger partial charge in [0.1, 0.15) is 6.04 Å². The molecule has 0 saturated heterocycles. The third-order valence-corrected chi connectivity index (χ3v) is 2.16. The van der Waals surface area contributed by atoms with Crippen LogP contribution in [0, 0.1) is 0 Å². The maximum absolute atomic E-state index is 11.5. The highest BCUT2D eigenvalue weighted by Crippen LogP contribution is 2.06. The van der Waals surface area contributed by atoms with Crippen molar-refractivity contribution < 1.29 is 19.5 Å². The van der Waals surface area contributed by atoms with Crippen molar-refractivity contribution in [1.82, 2.24) is 4.90 Å². The number of likely N-dealkylation sites (N-methyl/N-ethyl adjacent to an activating group) is 1. The summed E-state index contributed by atoms with van der Waals surface area (Å²) in [5, 5.41) is 8.49. The Morgan fingerprint density at radius 1 is 1.38 bits per heavy atom. The smallest absolute Gasteiger partial charge is 0.303 e. The molecular formula is C9H17N3O4. The molecular weight excluding hydrogens is 214 g/mol. The molecule has 0 aliphatic carbocycles. The highest BCUT2D eigenvalue weighted by molar-refractivity contribution is 5.88. The second-order valence-electron chi connectivity index (χ2n) is 3.59. The summed E-state index contributed by atoms with van der Waals surface area (Å²) in [5.41, 5.74) is 10.5. The Kier molecular flexibility index (Phi) is 5.44. The number of primary amides is 1. The molecule has 0 saturated carbocycles. The van der Waals surface area contributed by atoms with Crippen molar-refractivity contribution in [2.75, 3.05) is 7.05 Å². The van der Waals surface area contributed by atoms with Crippen LogP contribution in [0.15, 0.2) is 0 Å². The summed E-state index contributed by atoms with van der Waals surface area (Å²) < 4.78 is 0. The number of amides is 2. The van der Waals surface area contributed by atoms with Crippen LogP contribution in [0.3, 0.4) is 0 Å². The molecule has 0 aliphatic heterocycles. The lowest BCUT2D eigenvalue weighted by atomic mass is 10.1. The van der Waals surface area contributed by atoms with Crippen molar-refractivity contribution in [2.45, 2.75) is 31.8 Å². The fraction of sp³-hybridized carbons (Fsp3) is 0.667. The van der Waals surface area contributed by atoms with E-state index in [2.05, 4.69) is 0 Å². The van der Waals surface area contributed by atoms with Gasteiger partial charge in [-0.3, -0.25) is 14.4 Å². The van der Waals surface area contributed by atoms with Gasteiger partial charge in [-0.25, -0.2) is 0 Å². The molecule has 0 heterocycles. The quantitative estimate of drug-likeness (QED) is 0.513. The Morgan fingerprint density at radius 3 is 2.19 bits per heavy atom. The Morgan fingerprint density at radius 2 is 1.88 bits per heavy atom. The van der Waals surface area contributed by atoms with Gasteiger partial charge in [0.15, 0.2) is 0 Å². The lowest BCUT2D eigenvalue weighted by Crippen LogP contribution is -2.50. The van der Waals surface area contributed by atoms with Crippen LogP contribution in [0.4, 0.5) is 0 Å². The summed E-state index contributed by atoms with van der Waals surface area (Å²) >= 11 is 0. The second-order valence-corrected chi connectivity index (χ2v) is 3.59. The van der Waals surface area contributed by atoms with Gasteiger partial charge in [-0.15, -0.1) is 0 Å². The highest BCUT2D eigenvalue weighted by Gasteiger charge is 2.26. The summed E-state index contributed by atoms with van der Waals surface area (Å²) in [6.45, 7) is 1.48. The van der Waals surface area contributed by atoms with Crippen LogP contribution >= 0.6 is 0 Å². The number of hydrogen-bond donors (Lipinski definition) is 3. The lowest BCUT2D eigenvalue weighted by molar-refractivity contribution is -0.141. The van der Waals surface area contributed by atoms with Gasteiger partial charge in [-0.1, -0.05) is 0 Å². The van der Waals surface area contributed by atoms with Crippen molar-refractivity contribution in [3.05, 3.63) is 0 Å². The zero-order valence-corrected chi connectivity index (χ0v) is 9.34. The van der Waals surface area contributed by atoms with E-state index in [4.69, 9.17) is 16.6 Å². The summed E-state index contributed by atoms with van der Waals surface area (Å²) in [6, 6.07) is -1.69. The fourth-order valence-corrected chi connectivity index (χ4v) is 1.26. The fourth-order valence-electron chi connectivity index (χ4n) is 1.26. The van der Waals surface area contributed by atoms with Crippen LogP contribution in [0.5, 0.6) is 0 Å². The average Bonchev–Trinajstić information content (AvgIpc) is 2.15. The van der Waals surface area contributed by atoms with Gasteiger partial charge in [-0.2, -0.15) is 0 Å². The van der Waals surface area contributed by atoms with Crippen LogP contribution in [0.1, 0.15) is 19.8 Å². The van der Waals surface area contributed by atoms with Crippen LogP contribution < -0.4 is 11.5 Å². The van der Waals surface area contributed by atoms with Crippen LogP contribution in [-0.4, -0.2) is 46.9 Å². The number of aliphatic carboxylic acids is 1. The zero-order valence-electron chi connectivity index (χ0n) is 9.34. The molecule has 7 heteroatoms. The molecule has 92 valence electrons. The second kappa shape index (κ2) is 6.06. The van der Waals surface area contributed by atoms with Crippen LogP contribution in [0.25, 0.3) is 0 Å². The molecule has 2 atom stereocenters. The van der Waals surface area contributed by atoms with Gasteiger partial charge in [0.25, 0.3) is 0 Å². The van der Waals surface area contributed by atoms with E-state index in [0.29, 0.717) is 0 Å². The SMILES string of the molecule is C[C@H](N)C(=O)N(C)[C@H](CCC(=O)O)C(N)=O. The number of rotatable bonds is 6. The predicted octanol–water partition coefficient (Wildman–Crippen LogP) is -1.49. The molecule has 0 rings (SSSR count). The Hall–Kier alpha value is -1.63. The largest absolute Gasteiger partial charge is 0.481 e. The lowest BCUT2D eigenvalue weighted by Gasteiger charge is -2.26. The normalized spacial score (nSPS) is 13.9. The van der Waals surface area contributed by atoms with Crippen molar-refractivity contribution >= 4 is 17.8 Å². The maximum Gasteiger partial charge on any atom is 0.303 e. The molecule has 0 radical (unpaired) electrons.